The van der Waals surface area contributed by atoms with Crippen LogP contribution in [-0.2, 0) is 11.8 Å². The molecule has 194 valence electrons. The Balaban J connectivity index is 1.40. The molecule has 3 aromatic heterocycles. The first-order valence-corrected chi connectivity index (χ1v) is 12.9. The van der Waals surface area contributed by atoms with Crippen molar-refractivity contribution in [2.24, 2.45) is 13.0 Å². The molecule has 37 heavy (non-hydrogen) atoms. The lowest BCUT2D eigenvalue weighted by Crippen LogP contribution is -2.29. The fourth-order valence-corrected chi connectivity index (χ4v) is 5.86. The van der Waals surface area contributed by atoms with Gasteiger partial charge in [0.2, 0.25) is 0 Å². The normalized spacial score (nSPS) is 19.1. The van der Waals surface area contributed by atoms with Crippen LogP contribution in [-0.4, -0.2) is 76.2 Å². The molecular formula is C27H32FN7O2. The quantitative estimate of drug-likeness (QED) is 0.412. The van der Waals surface area contributed by atoms with Gasteiger partial charge in [0, 0.05) is 74.7 Å². The van der Waals surface area contributed by atoms with Gasteiger partial charge in [-0.3, -0.25) is 9.13 Å². The maximum absolute atomic E-state index is 15.3. The maximum atomic E-state index is 15.3. The van der Waals surface area contributed by atoms with E-state index in [9.17, 15) is 4.79 Å². The molecule has 0 aliphatic carbocycles. The number of imidazole rings is 1. The number of nitrogens with zero attached hydrogens (tertiary/aromatic N) is 7. The minimum atomic E-state index is -0.390. The summed E-state index contributed by atoms with van der Waals surface area (Å²) in [6, 6.07) is 7.09. The third kappa shape index (κ3) is 4.27. The van der Waals surface area contributed by atoms with Gasteiger partial charge in [0.05, 0.1) is 5.52 Å². The number of rotatable bonds is 5. The SMILES string of the molecule is CN(C)CC1CCN(c2ccc(-c3cc4c(cc3F)nnc3c4n(C4CCOCC4)c(=O)n3C)cn2)C1. The van der Waals surface area contributed by atoms with Gasteiger partial charge in [-0.1, -0.05) is 0 Å². The topological polar surface area (TPSA) is 81.3 Å². The molecule has 4 aromatic rings. The van der Waals surface area contributed by atoms with E-state index in [-0.39, 0.29) is 17.5 Å². The predicted molar refractivity (Wildman–Crippen MR) is 141 cm³/mol. The largest absolute Gasteiger partial charge is 0.381 e. The highest BCUT2D eigenvalue weighted by Crippen LogP contribution is 2.33. The second-order valence-corrected chi connectivity index (χ2v) is 10.5. The minimum absolute atomic E-state index is 0.00332. The second-order valence-electron chi connectivity index (χ2n) is 10.5. The molecule has 1 unspecified atom stereocenters. The highest BCUT2D eigenvalue weighted by Gasteiger charge is 2.26. The van der Waals surface area contributed by atoms with E-state index in [1.165, 1.54) is 10.6 Å². The van der Waals surface area contributed by atoms with E-state index in [4.69, 9.17) is 4.74 Å². The molecule has 1 aromatic carbocycles. The summed E-state index contributed by atoms with van der Waals surface area (Å²) in [6.45, 7) is 4.23. The lowest BCUT2D eigenvalue weighted by atomic mass is 10.0. The van der Waals surface area contributed by atoms with E-state index < -0.39 is 0 Å². The van der Waals surface area contributed by atoms with Crippen molar-refractivity contribution < 1.29 is 9.13 Å². The van der Waals surface area contributed by atoms with Crippen molar-refractivity contribution in [3.63, 3.8) is 0 Å². The molecule has 0 spiro atoms. The molecule has 2 aliphatic heterocycles. The Morgan fingerprint density at radius 2 is 1.95 bits per heavy atom. The van der Waals surface area contributed by atoms with Crippen molar-refractivity contribution in [1.82, 2.24) is 29.2 Å². The summed E-state index contributed by atoms with van der Waals surface area (Å²) >= 11 is 0. The number of hydrogen-bond acceptors (Lipinski definition) is 7. The molecule has 0 bridgehead atoms. The van der Waals surface area contributed by atoms with Crippen LogP contribution in [0, 0.1) is 11.7 Å². The summed E-state index contributed by atoms with van der Waals surface area (Å²) < 4.78 is 24.2. The number of aryl methyl sites for hydroxylation is 1. The zero-order valence-electron chi connectivity index (χ0n) is 21.5. The van der Waals surface area contributed by atoms with Gasteiger partial charge in [-0.15, -0.1) is 10.2 Å². The zero-order valence-corrected chi connectivity index (χ0v) is 21.5. The zero-order chi connectivity index (χ0) is 25.7. The summed E-state index contributed by atoms with van der Waals surface area (Å²) in [7, 11) is 5.91. The smallest absolute Gasteiger partial charge is 0.330 e. The number of anilines is 1. The van der Waals surface area contributed by atoms with Crippen LogP contribution in [0.2, 0.25) is 0 Å². The Bertz CT molecular complexity index is 1510. The standard InChI is InChI=1S/C27H32FN7O2/c1-32(2)15-17-6-9-34(16-17)24-5-4-18(14-29-24)20-12-21-23(13-22(20)28)30-31-26-25(21)35(27(36)33(26)3)19-7-10-37-11-8-19/h4-5,12-14,17,19H,6-11,15-16H2,1-3H3. The van der Waals surface area contributed by atoms with Crippen LogP contribution in [0.4, 0.5) is 10.2 Å². The highest BCUT2D eigenvalue weighted by atomic mass is 19.1. The van der Waals surface area contributed by atoms with E-state index in [0.29, 0.717) is 52.3 Å². The van der Waals surface area contributed by atoms with Crippen molar-refractivity contribution >= 4 is 27.9 Å². The minimum Gasteiger partial charge on any atom is -0.381 e. The molecule has 5 heterocycles. The Morgan fingerprint density at radius 3 is 2.68 bits per heavy atom. The van der Waals surface area contributed by atoms with Crippen molar-refractivity contribution in [3.05, 3.63) is 46.8 Å². The number of pyridine rings is 1. The Hall–Kier alpha value is -3.37. The monoisotopic (exact) mass is 505 g/mol. The fraction of sp³-hybridized carbons (Fsp3) is 0.481. The molecule has 10 heteroatoms. The summed E-state index contributed by atoms with van der Waals surface area (Å²) in [6.07, 6.45) is 4.37. The Labute approximate surface area is 214 Å². The van der Waals surface area contributed by atoms with Gasteiger partial charge in [0.15, 0.2) is 5.65 Å². The van der Waals surface area contributed by atoms with Crippen LogP contribution < -0.4 is 10.6 Å². The van der Waals surface area contributed by atoms with Crippen LogP contribution in [0.15, 0.2) is 35.3 Å². The van der Waals surface area contributed by atoms with E-state index in [1.807, 2.05) is 12.1 Å². The van der Waals surface area contributed by atoms with Crippen molar-refractivity contribution in [2.45, 2.75) is 25.3 Å². The van der Waals surface area contributed by atoms with Gasteiger partial charge in [-0.05, 0) is 57.5 Å². The molecule has 2 fully saturated rings. The molecule has 2 aliphatic rings. The third-order valence-corrected chi connectivity index (χ3v) is 7.70. The van der Waals surface area contributed by atoms with E-state index in [2.05, 4.69) is 39.1 Å². The molecule has 0 amide bonds. The number of fused-ring (bicyclic) bond motifs is 3. The molecular weight excluding hydrogens is 473 g/mol. The van der Waals surface area contributed by atoms with Gasteiger partial charge in [0.1, 0.15) is 17.2 Å². The molecule has 6 rings (SSSR count). The lowest BCUT2D eigenvalue weighted by molar-refractivity contribution is 0.0697. The first-order chi connectivity index (χ1) is 17.9. The number of hydrogen-bond donors (Lipinski definition) is 0. The van der Waals surface area contributed by atoms with Crippen LogP contribution in [0.5, 0.6) is 0 Å². The molecule has 9 nitrogen and oxygen atoms in total. The van der Waals surface area contributed by atoms with E-state index >= 15 is 4.39 Å². The first-order valence-electron chi connectivity index (χ1n) is 12.9. The summed E-state index contributed by atoms with van der Waals surface area (Å²) in [5, 5.41) is 9.24. The van der Waals surface area contributed by atoms with Crippen molar-refractivity contribution in [3.8, 4) is 11.1 Å². The number of ether oxygens (including phenoxy) is 1. The fourth-order valence-electron chi connectivity index (χ4n) is 5.86. The van der Waals surface area contributed by atoms with Crippen LogP contribution >= 0.6 is 0 Å². The molecule has 2 saturated heterocycles. The van der Waals surface area contributed by atoms with Crippen LogP contribution in [0.3, 0.4) is 0 Å². The summed E-state index contributed by atoms with van der Waals surface area (Å²) in [5.41, 5.74) is 2.60. The number of benzene rings is 1. The average Bonchev–Trinajstić information content (AvgIpc) is 3.46. The maximum Gasteiger partial charge on any atom is 0.330 e. The van der Waals surface area contributed by atoms with Crippen LogP contribution in [0.1, 0.15) is 25.3 Å². The van der Waals surface area contributed by atoms with Gasteiger partial charge in [0.25, 0.3) is 0 Å². The van der Waals surface area contributed by atoms with Gasteiger partial charge in [-0.2, -0.15) is 0 Å². The number of halogens is 1. The van der Waals surface area contributed by atoms with E-state index in [0.717, 1.165) is 44.7 Å². The summed E-state index contributed by atoms with van der Waals surface area (Å²) in [4.78, 5) is 22.4. The third-order valence-electron chi connectivity index (χ3n) is 7.70. The Kier molecular flexibility index (Phi) is 6.16. The van der Waals surface area contributed by atoms with E-state index in [1.54, 1.807) is 23.9 Å². The summed E-state index contributed by atoms with van der Waals surface area (Å²) in [5.74, 6) is 1.15. The van der Waals surface area contributed by atoms with Crippen LogP contribution in [0.25, 0.3) is 33.2 Å². The van der Waals surface area contributed by atoms with Crippen molar-refractivity contribution in [1.29, 1.82) is 0 Å². The average molecular weight is 506 g/mol. The molecule has 1 atom stereocenters. The number of aromatic nitrogens is 5. The van der Waals surface area contributed by atoms with Gasteiger partial charge >= 0.3 is 5.69 Å². The first kappa shape index (κ1) is 24.0. The highest BCUT2D eigenvalue weighted by molar-refractivity contribution is 6.02. The molecule has 0 saturated carbocycles. The second kappa shape index (κ2) is 9.50. The van der Waals surface area contributed by atoms with Gasteiger partial charge < -0.3 is 14.5 Å². The predicted octanol–water partition coefficient (Wildman–Crippen LogP) is 3.22. The van der Waals surface area contributed by atoms with Gasteiger partial charge in [-0.25, -0.2) is 14.2 Å². The molecule has 0 N–H and O–H groups in total. The Morgan fingerprint density at radius 1 is 1.14 bits per heavy atom. The lowest BCUT2D eigenvalue weighted by Gasteiger charge is -2.23. The molecule has 0 radical (unpaired) electrons. The van der Waals surface area contributed by atoms with Crippen molar-refractivity contribution in [2.75, 3.05) is 51.8 Å².